The largest absolute Gasteiger partial charge is 0.362 e. The maximum absolute atomic E-state index is 10.9. The molecular weight excluding hydrogens is 180 g/mol. The van der Waals surface area contributed by atoms with Gasteiger partial charge in [0.2, 0.25) is 5.88 Å². The highest BCUT2D eigenvalue weighted by molar-refractivity contribution is 7.87. The van der Waals surface area contributed by atoms with Gasteiger partial charge >= 0.3 is 10.1 Å². The quantitative estimate of drug-likeness (QED) is 0.634. The fourth-order valence-corrected chi connectivity index (χ4v) is 0.993. The molecule has 0 fully saturated rings. The molecule has 5 nitrogen and oxygen atoms in total. The second kappa shape index (κ2) is 3.48. The van der Waals surface area contributed by atoms with E-state index in [-0.39, 0.29) is 11.6 Å². The van der Waals surface area contributed by atoms with Gasteiger partial charge in [0.05, 0.1) is 5.75 Å². The Morgan fingerprint density at radius 2 is 2.33 bits per heavy atom. The number of aromatic nitrogens is 2. The van der Waals surface area contributed by atoms with Crippen LogP contribution < -0.4 is 4.18 Å². The molecule has 1 rings (SSSR count). The normalized spacial score (nSPS) is 11.1. The van der Waals surface area contributed by atoms with Crippen molar-refractivity contribution in [3.05, 3.63) is 18.6 Å². The lowest BCUT2D eigenvalue weighted by atomic mass is 10.6. The van der Waals surface area contributed by atoms with Crippen molar-refractivity contribution in [2.24, 2.45) is 0 Å². The first-order valence-electron chi connectivity index (χ1n) is 3.32. The van der Waals surface area contributed by atoms with Crippen molar-refractivity contribution in [3.63, 3.8) is 0 Å². The lowest BCUT2D eigenvalue weighted by molar-refractivity contribution is 0.476. The van der Waals surface area contributed by atoms with Gasteiger partial charge in [0.25, 0.3) is 0 Å². The molecule has 0 N–H and O–H groups in total. The van der Waals surface area contributed by atoms with E-state index in [0.29, 0.717) is 0 Å². The van der Waals surface area contributed by atoms with Crippen LogP contribution in [0.15, 0.2) is 18.6 Å². The highest BCUT2D eigenvalue weighted by Gasteiger charge is 2.08. The minimum Gasteiger partial charge on any atom is -0.362 e. The van der Waals surface area contributed by atoms with Crippen molar-refractivity contribution in [3.8, 4) is 5.88 Å². The van der Waals surface area contributed by atoms with Gasteiger partial charge in [-0.1, -0.05) is 0 Å². The van der Waals surface area contributed by atoms with Crippen molar-refractivity contribution in [2.45, 2.75) is 6.92 Å². The van der Waals surface area contributed by atoms with Gasteiger partial charge < -0.3 is 4.18 Å². The molecule has 0 aliphatic carbocycles. The van der Waals surface area contributed by atoms with Crippen molar-refractivity contribution < 1.29 is 12.6 Å². The van der Waals surface area contributed by atoms with Crippen LogP contribution in [-0.4, -0.2) is 24.1 Å². The Bertz CT molecular complexity index is 335. The fourth-order valence-electron chi connectivity index (χ4n) is 0.517. The molecule has 1 heterocycles. The Hall–Kier alpha value is -1.17. The fraction of sp³-hybridized carbons (Fsp3) is 0.333. The Morgan fingerprint density at radius 3 is 2.83 bits per heavy atom. The van der Waals surface area contributed by atoms with Crippen molar-refractivity contribution in [2.75, 3.05) is 5.75 Å². The topological polar surface area (TPSA) is 69.2 Å². The van der Waals surface area contributed by atoms with Gasteiger partial charge in [-0.15, -0.1) is 0 Å². The molecule has 1 aromatic rings. The average molecular weight is 188 g/mol. The first kappa shape index (κ1) is 8.92. The van der Waals surface area contributed by atoms with Crippen LogP contribution in [0.4, 0.5) is 0 Å². The maximum atomic E-state index is 10.9. The molecule has 0 aromatic carbocycles. The molecule has 0 aliphatic rings. The highest BCUT2D eigenvalue weighted by Crippen LogP contribution is 2.05. The SMILES string of the molecule is CCS(=O)(=O)Oc1ccncn1. The summed E-state index contributed by atoms with van der Waals surface area (Å²) in [7, 11) is -3.46. The van der Waals surface area contributed by atoms with Crippen LogP contribution in [0.1, 0.15) is 6.92 Å². The van der Waals surface area contributed by atoms with Gasteiger partial charge in [0, 0.05) is 12.3 Å². The number of nitrogens with zero attached hydrogens (tertiary/aromatic N) is 2. The first-order chi connectivity index (χ1) is 5.64. The minimum atomic E-state index is -3.46. The minimum absolute atomic E-state index is 0.0480. The summed E-state index contributed by atoms with van der Waals surface area (Å²) in [5.74, 6) is -0.0244. The molecule has 6 heteroatoms. The summed E-state index contributed by atoms with van der Waals surface area (Å²) in [6.45, 7) is 1.50. The molecule has 0 radical (unpaired) electrons. The van der Waals surface area contributed by atoms with Gasteiger partial charge in [-0.05, 0) is 6.92 Å². The molecule has 0 amide bonds. The number of hydrogen-bond acceptors (Lipinski definition) is 5. The van der Waals surface area contributed by atoms with Gasteiger partial charge in [-0.25, -0.2) is 9.97 Å². The van der Waals surface area contributed by atoms with E-state index in [1.54, 1.807) is 0 Å². The van der Waals surface area contributed by atoms with Gasteiger partial charge in [-0.3, -0.25) is 0 Å². The summed E-state index contributed by atoms with van der Waals surface area (Å²) in [6, 6.07) is 1.38. The third-order valence-corrected chi connectivity index (χ3v) is 2.25. The van der Waals surface area contributed by atoms with E-state index in [0.717, 1.165) is 0 Å². The second-order valence-corrected chi connectivity index (χ2v) is 3.84. The van der Waals surface area contributed by atoms with Crippen LogP contribution in [-0.2, 0) is 10.1 Å². The molecule has 66 valence electrons. The van der Waals surface area contributed by atoms with Crippen LogP contribution in [0, 0.1) is 0 Å². The summed E-state index contributed by atoms with van der Waals surface area (Å²) in [5.41, 5.74) is 0. The Kier molecular flexibility index (Phi) is 2.59. The standard InChI is InChI=1S/C6H8N2O3S/c1-2-12(9,10)11-6-3-4-7-5-8-6/h3-5H,2H2,1H3. The summed E-state index contributed by atoms with van der Waals surface area (Å²) >= 11 is 0. The maximum Gasteiger partial charge on any atom is 0.310 e. The van der Waals surface area contributed by atoms with E-state index < -0.39 is 10.1 Å². The number of hydrogen-bond donors (Lipinski definition) is 0. The summed E-state index contributed by atoms with van der Waals surface area (Å²) < 4.78 is 26.3. The predicted molar refractivity (Wildman–Crippen MR) is 42.1 cm³/mol. The Balaban J connectivity index is 2.78. The van der Waals surface area contributed by atoms with Crippen LogP contribution in [0.3, 0.4) is 0 Å². The highest BCUT2D eigenvalue weighted by atomic mass is 32.2. The lowest BCUT2D eigenvalue weighted by Crippen LogP contribution is -2.12. The number of rotatable bonds is 3. The second-order valence-electron chi connectivity index (χ2n) is 1.98. The molecule has 0 spiro atoms. The summed E-state index contributed by atoms with van der Waals surface area (Å²) in [4.78, 5) is 7.21. The first-order valence-corrected chi connectivity index (χ1v) is 4.90. The van der Waals surface area contributed by atoms with Crippen LogP contribution in [0.25, 0.3) is 0 Å². The van der Waals surface area contributed by atoms with Crippen molar-refractivity contribution in [1.29, 1.82) is 0 Å². The molecule has 0 aliphatic heterocycles. The van der Waals surface area contributed by atoms with Gasteiger partial charge in [-0.2, -0.15) is 8.42 Å². The zero-order chi connectivity index (χ0) is 9.03. The molecule has 0 saturated heterocycles. The van der Waals surface area contributed by atoms with E-state index >= 15 is 0 Å². The molecule has 1 aromatic heterocycles. The van der Waals surface area contributed by atoms with E-state index in [1.165, 1.54) is 25.5 Å². The molecule has 0 saturated carbocycles. The Labute approximate surface area is 70.5 Å². The van der Waals surface area contributed by atoms with Gasteiger partial charge in [0.1, 0.15) is 6.33 Å². The summed E-state index contributed by atoms with van der Waals surface area (Å²) in [6.07, 6.45) is 2.63. The molecular formula is C6H8N2O3S. The van der Waals surface area contributed by atoms with E-state index in [4.69, 9.17) is 0 Å². The van der Waals surface area contributed by atoms with Crippen LogP contribution in [0.2, 0.25) is 0 Å². The van der Waals surface area contributed by atoms with E-state index in [9.17, 15) is 8.42 Å². The van der Waals surface area contributed by atoms with Crippen LogP contribution >= 0.6 is 0 Å². The third kappa shape index (κ3) is 2.46. The zero-order valence-corrected chi connectivity index (χ0v) is 7.28. The lowest BCUT2D eigenvalue weighted by Gasteiger charge is -2.01. The zero-order valence-electron chi connectivity index (χ0n) is 6.47. The average Bonchev–Trinajstić information content (AvgIpc) is 2.06. The van der Waals surface area contributed by atoms with Gasteiger partial charge in [0.15, 0.2) is 0 Å². The third-order valence-electron chi connectivity index (χ3n) is 1.12. The van der Waals surface area contributed by atoms with E-state index in [2.05, 4.69) is 14.2 Å². The van der Waals surface area contributed by atoms with Crippen molar-refractivity contribution in [1.82, 2.24) is 9.97 Å². The Morgan fingerprint density at radius 1 is 1.58 bits per heavy atom. The molecule has 0 unspecified atom stereocenters. The predicted octanol–water partition coefficient (Wildman–Crippen LogP) is 0.205. The van der Waals surface area contributed by atoms with Crippen molar-refractivity contribution >= 4 is 10.1 Å². The molecule has 0 bridgehead atoms. The summed E-state index contributed by atoms with van der Waals surface area (Å²) in [5, 5.41) is 0. The van der Waals surface area contributed by atoms with Crippen LogP contribution in [0.5, 0.6) is 5.88 Å². The molecule has 12 heavy (non-hydrogen) atoms. The monoisotopic (exact) mass is 188 g/mol. The van der Waals surface area contributed by atoms with E-state index in [1.807, 2.05) is 0 Å². The molecule has 0 atom stereocenters. The smallest absolute Gasteiger partial charge is 0.310 e.